The van der Waals surface area contributed by atoms with Crippen LogP contribution in [0.15, 0.2) is 69.9 Å². The van der Waals surface area contributed by atoms with E-state index in [2.05, 4.69) is 61.7 Å². The highest BCUT2D eigenvalue weighted by atomic mass is 35.5. The van der Waals surface area contributed by atoms with Crippen LogP contribution in [0.1, 0.15) is 26.2 Å². The molecule has 1 amide bonds. The molecular formula is C33H45ClN6O4. The summed E-state index contributed by atoms with van der Waals surface area (Å²) in [4.78, 5) is 39.0. The van der Waals surface area contributed by atoms with Crippen molar-refractivity contribution in [3.63, 3.8) is 0 Å². The lowest BCUT2D eigenvalue weighted by atomic mass is 9.98. The zero-order chi connectivity index (χ0) is 31.9. The molecule has 11 heteroatoms. The van der Waals surface area contributed by atoms with Gasteiger partial charge in [0.2, 0.25) is 5.91 Å². The normalized spacial score (nSPS) is 17.4. The number of amides is 1. The van der Waals surface area contributed by atoms with E-state index in [1.807, 2.05) is 25.1 Å². The van der Waals surface area contributed by atoms with E-state index < -0.39 is 5.97 Å². The van der Waals surface area contributed by atoms with Gasteiger partial charge in [-0.25, -0.2) is 9.79 Å². The zero-order valence-corrected chi connectivity index (χ0v) is 27.1. The van der Waals surface area contributed by atoms with E-state index in [9.17, 15) is 9.59 Å². The molecule has 2 heterocycles. The van der Waals surface area contributed by atoms with Crippen LogP contribution in [0.3, 0.4) is 0 Å². The average Bonchev–Trinajstić information content (AvgIpc) is 3.53. The predicted molar refractivity (Wildman–Crippen MR) is 180 cm³/mol. The van der Waals surface area contributed by atoms with Crippen molar-refractivity contribution in [1.82, 2.24) is 15.1 Å². The quantitative estimate of drug-likeness (QED) is 0.223. The molecule has 0 saturated carbocycles. The first-order chi connectivity index (χ1) is 21.3. The van der Waals surface area contributed by atoms with Crippen LogP contribution < -0.4 is 10.2 Å². The largest absolute Gasteiger partial charge is 0.466 e. The van der Waals surface area contributed by atoms with Crippen molar-refractivity contribution in [2.45, 2.75) is 26.2 Å². The number of rotatable bonds is 11. The Labute approximate surface area is 266 Å². The van der Waals surface area contributed by atoms with E-state index >= 15 is 0 Å². The Balaban J connectivity index is 0.000000785. The number of fused-ring (bicyclic) bond motifs is 1. The SMILES string of the molecule is C=N/C(=C1/CCN(c2cccc3cccc(Cl)c23)C/C1=N/COC)N(CC)CCNC(=O)/C=C/C(=O)OC.CN1CCCC1. The van der Waals surface area contributed by atoms with Gasteiger partial charge in [0.15, 0.2) is 0 Å². The van der Waals surface area contributed by atoms with E-state index in [0.717, 1.165) is 52.3 Å². The Bertz CT molecular complexity index is 1360. The molecule has 0 bridgehead atoms. The van der Waals surface area contributed by atoms with Crippen LogP contribution in [0.25, 0.3) is 10.8 Å². The molecule has 2 aliphatic rings. The van der Waals surface area contributed by atoms with Gasteiger partial charge in [0, 0.05) is 62.1 Å². The summed E-state index contributed by atoms with van der Waals surface area (Å²) in [7, 11) is 5.04. The molecule has 10 nitrogen and oxygen atoms in total. The standard InChI is InChI=1S/C28H34ClN5O4.C5H11N/c1-5-33(17-15-31-25(35)12-13-26(36)38-4)28(30-2)21-14-16-34(18-23(21)32-19-37-3)24-11-7-9-20-8-6-10-22(29)27(20)24;1-6-4-2-3-5-6/h6-13H,2,5,14-19H2,1,3-4H3,(H,31,35);2-5H2,1H3/b13-12+,28-21+,32-23-;. The van der Waals surface area contributed by atoms with E-state index in [-0.39, 0.29) is 12.6 Å². The minimum absolute atomic E-state index is 0.224. The third kappa shape index (κ3) is 9.90. The smallest absolute Gasteiger partial charge is 0.330 e. The van der Waals surface area contributed by atoms with Crippen molar-refractivity contribution in [3.05, 3.63) is 65.0 Å². The van der Waals surface area contributed by atoms with E-state index in [1.54, 1.807) is 7.11 Å². The lowest BCUT2D eigenvalue weighted by molar-refractivity contribution is -0.135. The lowest BCUT2D eigenvalue weighted by Gasteiger charge is -2.35. The second kappa shape index (κ2) is 18.2. The number of carbonyl (C=O) groups excluding carboxylic acids is 2. The fraction of sp³-hybridized carbons (Fsp3) is 0.455. The number of aliphatic imine (C=N–C) groups is 2. The van der Waals surface area contributed by atoms with Crippen LogP contribution in [0.5, 0.6) is 0 Å². The Kier molecular flexibility index (Phi) is 14.3. The molecule has 2 aromatic carbocycles. The highest BCUT2D eigenvalue weighted by Crippen LogP contribution is 2.35. The Morgan fingerprint density at radius 1 is 1.11 bits per heavy atom. The number of hydrogen-bond acceptors (Lipinski definition) is 9. The van der Waals surface area contributed by atoms with Crippen LogP contribution in [-0.4, -0.2) is 108 Å². The van der Waals surface area contributed by atoms with Gasteiger partial charge in [0.25, 0.3) is 0 Å². The molecule has 0 spiro atoms. The van der Waals surface area contributed by atoms with Gasteiger partial charge in [-0.05, 0) is 70.6 Å². The fourth-order valence-electron chi connectivity index (χ4n) is 5.28. The third-order valence-corrected chi connectivity index (χ3v) is 7.88. The van der Waals surface area contributed by atoms with Crippen molar-refractivity contribution in [3.8, 4) is 0 Å². The van der Waals surface area contributed by atoms with Gasteiger partial charge >= 0.3 is 5.97 Å². The molecule has 0 radical (unpaired) electrons. The van der Waals surface area contributed by atoms with Gasteiger partial charge in [-0.1, -0.05) is 35.9 Å². The van der Waals surface area contributed by atoms with Crippen molar-refractivity contribution in [2.24, 2.45) is 9.98 Å². The number of likely N-dealkylation sites (N-methyl/N-ethyl adjacent to an activating group) is 1. The van der Waals surface area contributed by atoms with Crippen LogP contribution in [0.4, 0.5) is 5.69 Å². The molecular weight excluding hydrogens is 580 g/mol. The van der Waals surface area contributed by atoms with Crippen LogP contribution in [0.2, 0.25) is 5.02 Å². The molecule has 0 atom stereocenters. The number of anilines is 1. The number of esters is 1. The number of carbonyl (C=O) groups is 2. The van der Waals surface area contributed by atoms with Crippen molar-refractivity contribution in [2.75, 3.05) is 78.7 Å². The second-order valence-corrected chi connectivity index (χ2v) is 10.9. The number of methoxy groups -OCH3 is 2. The number of benzene rings is 2. The molecule has 0 aliphatic carbocycles. The number of nitrogens with one attached hydrogen (secondary N) is 1. The van der Waals surface area contributed by atoms with E-state index in [1.165, 1.54) is 33.0 Å². The molecule has 0 aromatic heterocycles. The summed E-state index contributed by atoms with van der Waals surface area (Å²) in [6.45, 7) is 11.5. The number of hydrogen-bond donors (Lipinski definition) is 1. The topological polar surface area (TPSA) is 99.1 Å². The van der Waals surface area contributed by atoms with Crippen molar-refractivity contribution < 1.29 is 19.1 Å². The van der Waals surface area contributed by atoms with Crippen LogP contribution in [-0.2, 0) is 19.1 Å². The first-order valence-electron chi connectivity index (χ1n) is 14.9. The van der Waals surface area contributed by atoms with Crippen molar-refractivity contribution >= 4 is 52.4 Å². The van der Waals surface area contributed by atoms with Gasteiger partial charge in [0.1, 0.15) is 12.6 Å². The third-order valence-electron chi connectivity index (χ3n) is 7.56. The molecule has 1 N–H and O–H groups in total. The lowest BCUT2D eigenvalue weighted by Crippen LogP contribution is -2.40. The maximum absolute atomic E-state index is 12.0. The maximum Gasteiger partial charge on any atom is 0.330 e. The number of ether oxygens (including phenoxy) is 2. The number of nitrogens with zero attached hydrogens (tertiary/aromatic N) is 5. The first-order valence-corrected chi connectivity index (χ1v) is 15.3. The van der Waals surface area contributed by atoms with Gasteiger partial charge in [-0.2, -0.15) is 0 Å². The second-order valence-electron chi connectivity index (χ2n) is 10.5. The van der Waals surface area contributed by atoms with Gasteiger partial charge in [-0.15, -0.1) is 0 Å². The molecule has 2 fully saturated rings. The number of likely N-dealkylation sites (tertiary alicyclic amines) is 1. The fourth-order valence-corrected chi connectivity index (χ4v) is 5.56. The minimum Gasteiger partial charge on any atom is -0.466 e. The summed E-state index contributed by atoms with van der Waals surface area (Å²) in [6, 6.07) is 12.1. The minimum atomic E-state index is -0.585. The highest BCUT2D eigenvalue weighted by molar-refractivity contribution is 6.36. The Hall–Kier alpha value is -3.73. The van der Waals surface area contributed by atoms with Crippen LogP contribution in [0, 0.1) is 0 Å². The number of halogens is 1. The molecule has 2 aliphatic heterocycles. The maximum atomic E-state index is 12.0. The molecule has 238 valence electrons. The molecule has 2 aromatic rings. The predicted octanol–water partition coefficient (Wildman–Crippen LogP) is 4.54. The molecule has 0 unspecified atom stereocenters. The number of piperidine rings is 1. The van der Waals surface area contributed by atoms with Crippen LogP contribution >= 0.6 is 11.6 Å². The van der Waals surface area contributed by atoms with Gasteiger partial charge < -0.3 is 29.5 Å². The zero-order valence-electron chi connectivity index (χ0n) is 26.4. The van der Waals surface area contributed by atoms with E-state index in [0.29, 0.717) is 37.6 Å². The monoisotopic (exact) mass is 624 g/mol. The van der Waals surface area contributed by atoms with E-state index in [4.69, 9.17) is 21.3 Å². The first kappa shape index (κ1) is 34.8. The van der Waals surface area contributed by atoms with Gasteiger partial charge in [0.05, 0.1) is 24.4 Å². The summed E-state index contributed by atoms with van der Waals surface area (Å²) in [5.74, 6) is -0.230. The summed E-state index contributed by atoms with van der Waals surface area (Å²) < 4.78 is 9.77. The molecule has 44 heavy (non-hydrogen) atoms. The Morgan fingerprint density at radius 2 is 1.84 bits per heavy atom. The van der Waals surface area contributed by atoms with Crippen molar-refractivity contribution in [1.29, 1.82) is 0 Å². The summed E-state index contributed by atoms with van der Waals surface area (Å²) >= 11 is 6.60. The average molecular weight is 625 g/mol. The Morgan fingerprint density at radius 3 is 2.45 bits per heavy atom. The molecule has 2 saturated heterocycles. The summed E-state index contributed by atoms with van der Waals surface area (Å²) in [6.07, 6.45) is 5.76. The summed E-state index contributed by atoms with van der Waals surface area (Å²) in [5, 5.41) is 5.59. The summed E-state index contributed by atoms with van der Waals surface area (Å²) in [5.41, 5.74) is 2.92. The van der Waals surface area contributed by atoms with Gasteiger partial charge in [-0.3, -0.25) is 9.79 Å². The molecule has 4 rings (SSSR count). The highest BCUT2D eigenvalue weighted by Gasteiger charge is 2.26.